The zero-order valence-corrected chi connectivity index (χ0v) is 19.6. The summed E-state index contributed by atoms with van der Waals surface area (Å²) in [6, 6.07) is 17.2. The van der Waals surface area contributed by atoms with E-state index in [1.165, 1.54) is 49.1 Å². The molecule has 35 heavy (non-hydrogen) atoms. The van der Waals surface area contributed by atoms with Crippen LogP contribution in [0.15, 0.2) is 66.7 Å². The lowest BCUT2D eigenvalue weighted by atomic mass is 10.0. The van der Waals surface area contributed by atoms with E-state index in [9.17, 15) is 24.3 Å². The molecule has 8 nitrogen and oxygen atoms in total. The fraction of sp³-hybridized carbons (Fsp3) is 0.154. The van der Waals surface area contributed by atoms with Gasteiger partial charge in [-0.05, 0) is 50.2 Å². The first-order valence-electron chi connectivity index (χ1n) is 10.6. The molecule has 2 amide bonds. The predicted octanol–water partition coefficient (Wildman–Crippen LogP) is 4.41. The Hall–Kier alpha value is -4.17. The number of carbonyl (C=O) groups is 4. The number of ketones is 1. The fourth-order valence-electron chi connectivity index (χ4n) is 3.75. The average molecular weight is 493 g/mol. The Kier molecular flexibility index (Phi) is 6.32. The molecule has 0 unspecified atom stereocenters. The summed E-state index contributed by atoms with van der Waals surface area (Å²) in [4.78, 5) is 51.7. The zero-order chi connectivity index (χ0) is 25.3. The van der Waals surface area contributed by atoms with E-state index in [-0.39, 0.29) is 40.6 Å². The Morgan fingerprint density at radius 2 is 1.71 bits per heavy atom. The molecule has 2 N–H and O–H groups in total. The van der Waals surface area contributed by atoms with E-state index in [1.54, 1.807) is 36.4 Å². The maximum Gasteiger partial charge on any atom is 0.335 e. The molecule has 0 radical (unpaired) electrons. The Morgan fingerprint density at radius 3 is 2.40 bits per heavy atom. The van der Waals surface area contributed by atoms with Crippen molar-refractivity contribution in [2.75, 3.05) is 16.8 Å². The van der Waals surface area contributed by atoms with Crippen molar-refractivity contribution < 1.29 is 29.0 Å². The van der Waals surface area contributed by atoms with Crippen LogP contribution >= 0.6 is 11.6 Å². The third kappa shape index (κ3) is 4.88. The second-order valence-corrected chi connectivity index (χ2v) is 8.86. The van der Waals surface area contributed by atoms with E-state index in [2.05, 4.69) is 5.32 Å². The summed E-state index contributed by atoms with van der Waals surface area (Å²) in [5, 5.41) is 12.3. The topological polar surface area (TPSA) is 113 Å². The number of benzene rings is 3. The van der Waals surface area contributed by atoms with Crippen LogP contribution in [0, 0.1) is 0 Å². The number of nitrogens with zero attached hydrogens (tertiary/aromatic N) is 1. The van der Waals surface area contributed by atoms with Crippen LogP contribution in [0.3, 0.4) is 0 Å². The third-order valence-electron chi connectivity index (χ3n) is 5.46. The van der Waals surface area contributed by atoms with Crippen LogP contribution in [0.2, 0.25) is 5.02 Å². The van der Waals surface area contributed by atoms with Gasteiger partial charge in [0.05, 0.1) is 16.9 Å². The van der Waals surface area contributed by atoms with Crippen LogP contribution in [0.5, 0.6) is 5.75 Å². The van der Waals surface area contributed by atoms with Crippen molar-refractivity contribution in [2.45, 2.75) is 19.4 Å². The predicted molar refractivity (Wildman–Crippen MR) is 130 cm³/mol. The lowest BCUT2D eigenvalue weighted by Crippen LogP contribution is -2.54. The molecule has 0 aromatic heterocycles. The maximum absolute atomic E-state index is 13.1. The molecule has 0 bridgehead atoms. The SMILES string of the molecule is CC1(C)Oc2cc(C(=O)O)ccc2N(CC(=O)Nc2ccc(Cl)cc2C(=O)c2ccccc2)C1=O. The zero-order valence-electron chi connectivity index (χ0n) is 18.9. The summed E-state index contributed by atoms with van der Waals surface area (Å²) in [7, 11) is 0. The van der Waals surface area contributed by atoms with E-state index >= 15 is 0 Å². The summed E-state index contributed by atoms with van der Waals surface area (Å²) >= 11 is 6.11. The highest BCUT2D eigenvalue weighted by Crippen LogP contribution is 2.38. The molecule has 4 rings (SSSR count). The molecule has 0 saturated heterocycles. The normalized spacial score (nSPS) is 14.0. The number of carboxylic acids is 1. The first-order valence-corrected chi connectivity index (χ1v) is 11.0. The fourth-order valence-corrected chi connectivity index (χ4v) is 3.93. The van der Waals surface area contributed by atoms with Crippen LogP contribution in [0.25, 0.3) is 0 Å². The minimum atomic E-state index is -1.32. The van der Waals surface area contributed by atoms with Gasteiger partial charge in [0, 0.05) is 16.1 Å². The third-order valence-corrected chi connectivity index (χ3v) is 5.70. The number of hydrogen-bond acceptors (Lipinski definition) is 5. The second kappa shape index (κ2) is 9.23. The standard InChI is InChI=1S/C26H21ClN2O6/c1-26(2)25(34)29(20-11-8-16(24(32)33)12-21(20)35-26)14-22(30)28-19-10-9-17(27)13-18(19)23(31)15-6-4-3-5-7-15/h3-13H,14H2,1-2H3,(H,28,30)(H,32,33). The molecule has 0 atom stereocenters. The van der Waals surface area contributed by atoms with Crippen LogP contribution < -0.4 is 15.0 Å². The maximum atomic E-state index is 13.1. The molecule has 0 fully saturated rings. The summed E-state index contributed by atoms with van der Waals surface area (Å²) in [6.45, 7) is 2.69. The Balaban J connectivity index is 1.62. The molecular weight excluding hydrogens is 472 g/mol. The number of amides is 2. The van der Waals surface area contributed by atoms with Crippen molar-refractivity contribution in [1.29, 1.82) is 0 Å². The van der Waals surface area contributed by atoms with Gasteiger partial charge >= 0.3 is 5.97 Å². The molecule has 1 aliphatic heterocycles. The van der Waals surface area contributed by atoms with Crippen LogP contribution in [0.1, 0.15) is 40.1 Å². The highest BCUT2D eigenvalue weighted by molar-refractivity contribution is 6.31. The number of halogens is 1. The van der Waals surface area contributed by atoms with Gasteiger partial charge in [-0.1, -0.05) is 41.9 Å². The van der Waals surface area contributed by atoms with E-state index < -0.39 is 23.4 Å². The van der Waals surface area contributed by atoms with Gasteiger partial charge in [0.15, 0.2) is 11.4 Å². The van der Waals surface area contributed by atoms with E-state index in [0.29, 0.717) is 10.6 Å². The Labute approximate surface area is 206 Å². The number of carboxylic acid groups (broad SMARTS) is 1. The highest BCUT2D eigenvalue weighted by atomic mass is 35.5. The molecule has 0 aliphatic carbocycles. The molecule has 178 valence electrons. The van der Waals surface area contributed by atoms with Gasteiger partial charge in [-0.15, -0.1) is 0 Å². The van der Waals surface area contributed by atoms with Crippen LogP contribution in [-0.2, 0) is 9.59 Å². The molecule has 0 saturated carbocycles. The summed E-state index contributed by atoms with van der Waals surface area (Å²) in [6.07, 6.45) is 0. The summed E-state index contributed by atoms with van der Waals surface area (Å²) < 4.78 is 5.72. The van der Waals surface area contributed by atoms with Crippen molar-refractivity contribution in [3.63, 3.8) is 0 Å². The number of anilines is 2. The average Bonchev–Trinajstić information content (AvgIpc) is 2.82. The number of carbonyl (C=O) groups excluding carboxylic acids is 3. The van der Waals surface area contributed by atoms with Gasteiger partial charge in [0.25, 0.3) is 5.91 Å². The molecular formula is C26H21ClN2O6. The first kappa shape index (κ1) is 24.0. The smallest absolute Gasteiger partial charge is 0.335 e. The van der Waals surface area contributed by atoms with Crippen molar-refractivity contribution in [2.24, 2.45) is 0 Å². The highest BCUT2D eigenvalue weighted by Gasteiger charge is 2.42. The van der Waals surface area contributed by atoms with E-state index in [0.717, 1.165) is 0 Å². The summed E-state index contributed by atoms with van der Waals surface area (Å²) in [5.74, 6) is -2.32. The van der Waals surface area contributed by atoms with Crippen molar-refractivity contribution in [1.82, 2.24) is 0 Å². The Morgan fingerprint density at radius 1 is 1.00 bits per heavy atom. The summed E-state index contributed by atoms with van der Waals surface area (Å²) in [5.41, 5.74) is -0.181. The van der Waals surface area contributed by atoms with Gasteiger partial charge in [-0.25, -0.2) is 4.79 Å². The number of nitrogens with one attached hydrogen (secondary N) is 1. The van der Waals surface area contributed by atoms with E-state index in [4.69, 9.17) is 16.3 Å². The van der Waals surface area contributed by atoms with Crippen molar-refractivity contribution >= 4 is 46.5 Å². The Bertz CT molecular complexity index is 1350. The minimum Gasteiger partial charge on any atom is -0.478 e. The molecule has 3 aromatic carbocycles. The minimum absolute atomic E-state index is 0.0106. The van der Waals surface area contributed by atoms with Gasteiger partial charge in [-0.3, -0.25) is 19.3 Å². The number of aromatic carboxylic acids is 1. The van der Waals surface area contributed by atoms with Gasteiger partial charge in [0.1, 0.15) is 12.3 Å². The lowest BCUT2D eigenvalue weighted by Gasteiger charge is -2.38. The van der Waals surface area contributed by atoms with Gasteiger partial charge in [0.2, 0.25) is 5.91 Å². The van der Waals surface area contributed by atoms with Crippen molar-refractivity contribution in [3.8, 4) is 5.75 Å². The quantitative estimate of drug-likeness (QED) is 0.493. The number of ether oxygens (including phenoxy) is 1. The number of hydrogen-bond donors (Lipinski definition) is 2. The second-order valence-electron chi connectivity index (χ2n) is 8.42. The van der Waals surface area contributed by atoms with Crippen molar-refractivity contribution in [3.05, 3.63) is 88.4 Å². The van der Waals surface area contributed by atoms with Crippen LogP contribution in [-0.4, -0.2) is 40.8 Å². The molecule has 3 aromatic rings. The molecule has 1 heterocycles. The van der Waals surface area contributed by atoms with Crippen LogP contribution in [0.4, 0.5) is 11.4 Å². The number of fused-ring (bicyclic) bond motifs is 1. The molecule has 0 spiro atoms. The molecule has 1 aliphatic rings. The first-order chi connectivity index (χ1) is 16.6. The van der Waals surface area contributed by atoms with Gasteiger partial charge in [-0.2, -0.15) is 0 Å². The van der Waals surface area contributed by atoms with E-state index in [1.807, 2.05) is 0 Å². The van der Waals surface area contributed by atoms with Gasteiger partial charge < -0.3 is 15.2 Å². The largest absolute Gasteiger partial charge is 0.478 e. The monoisotopic (exact) mass is 492 g/mol. The molecule has 9 heteroatoms. The lowest BCUT2D eigenvalue weighted by molar-refractivity contribution is -0.133. The number of rotatable bonds is 6.